The number of ether oxygens (including phenoxy) is 1. The quantitative estimate of drug-likeness (QED) is 0.521. The Hall–Kier alpha value is -2.90. The second kappa shape index (κ2) is 9.49. The molecule has 160 valence electrons. The number of carbonyl (C=O) groups excluding carboxylic acids is 2. The van der Waals surface area contributed by atoms with Crippen LogP contribution in [0.2, 0.25) is 5.02 Å². The van der Waals surface area contributed by atoms with Gasteiger partial charge in [-0.25, -0.2) is 4.98 Å². The Bertz CT molecular complexity index is 1110. The zero-order chi connectivity index (χ0) is 21.8. The number of hydrogen-bond donors (Lipinski definition) is 1. The van der Waals surface area contributed by atoms with E-state index in [4.69, 9.17) is 21.3 Å². The van der Waals surface area contributed by atoms with Crippen LogP contribution in [0.25, 0.3) is 21.8 Å². The van der Waals surface area contributed by atoms with Crippen molar-refractivity contribution < 1.29 is 14.3 Å². The van der Waals surface area contributed by atoms with Gasteiger partial charge >= 0.3 is 0 Å². The number of benzene rings is 2. The summed E-state index contributed by atoms with van der Waals surface area (Å²) in [6, 6.07) is 13.1. The summed E-state index contributed by atoms with van der Waals surface area (Å²) in [6.07, 6.45) is 1.90. The maximum atomic E-state index is 12.5. The smallest absolute Gasteiger partial charge is 0.265 e. The van der Waals surface area contributed by atoms with Crippen LogP contribution in [0.5, 0.6) is 5.75 Å². The van der Waals surface area contributed by atoms with Crippen LogP contribution in [0.15, 0.2) is 47.8 Å². The third kappa shape index (κ3) is 4.73. The summed E-state index contributed by atoms with van der Waals surface area (Å²) in [5, 5.41) is 6.27. The fourth-order valence-electron chi connectivity index (χ4n) is 3.30. The number of rotatable bonds is 7. The van der Waals surface area contributed by atoms with Crippen LogP contribution in [0.1, 0.15) is 19.8 Å². The van der Waals surface area contributed by atoms with Gasteiger partial charge in [-0.15, -0.1) is 11.3 Å². The lowest BCUT2D eigenvalue weighted by Gasteiger charge is -2.29. The van der Waals surface area contributed by atoms with Gasteiger partial charge in [0.25, 0.3) is 5.91 Å². The van der Waals surface area contributed by atoms with E-state index in [9.17, 15) is 9.59 Å². The van der Waals surface area contributed by atoms with Gasteiger partial charge in [0.15, 0.2) is 6.61 Å². The minimum Gasteiger partial charge on any atom is -0.482 e. The van der Waals surface area contributed by atoms with Gasteiger partial charge < -0.3 is 10.1 Å². The van der Waals surface area contributed by atoms with Crippen LogP contribution in [-0.4, -0.2) is 36.5 Å². The molecule has 0 radical (unpaired) electrons. The minimum absolute atomic E-state index is 0.0374. The first-order valence-corrected chi connectivity index (χ1v) is 11.4. The summed E-state index contributed by atoms with van der Waals surface area (Å²) in [6.45, 7) is 2.54. The Morgan fingerprint density at radius 2 is 2.13 bits per heavy atom. The van der Waals surface area contributed by atoms with Gasteiger partial charge in [0.05, 0.1) is 16.4 Å². The number of thiazole rings is 1. The molecule has 0 atom stereocenters. The fourth-order valence-corrected chi connectivity index (χ4v) is 4.45. The molecule has 0 unspecified atom stereocenters. The average molecular weight is 456 g/mol. The number of aromatic nitrogens is 1. The molecule has 0 spiro atoms. The number of anilines is 1. The van der Waals surface area contributed by atoms with Crippen molar-refractivity contribution in [2.75, 3.05) is 24.6 Å². The lowest BCUT2D eigenvalue weighted by Crippen LogP contribution is -2.45. The van der Waals surface area contributed by atoms with Crippen molar-refractivity contribution in [3.63, 3.8) is 0 Å². The lowest BCUT2D eigenvalue weighted by atomic mass is 10.1. The van der Waals surface area contributed by atoms with Crippen molar-refractivity contribution in [3.05, 3.63) is 52.9 Å². The molecular formula is C23H22ClN3O3S. The van der Waals surface area contributed by atoms with Gasteiger partial charge in [0.1, 0.15) is 17.3 Å². The van der Waals surface area contributed by atoms with Crippen molar-refractivity contribution in [2.24, 2.45) is 0 Å². The first-order valence-electron chi connectivity index (χ1n) is 10.1. The van der Waals surface area contributed by atoms with E-state index in [0.717, 1.165) is 34.7 Å². The van der Waals surface area contributed by atoms with Crippen LogP contribution in [0, 0.1) is 0 Å². The SMILES string of the molecule is CCCCNC(=O)CN1C(=O)COc2ccc(-c3csc(-c4ccccc4Cl)n3)cc21. The van der Waals surface area contributed by atoms with E-state index in [-0.39, 0.29) is 25.0 Å². The van der Waals surface area contributed by atoms with E-state index in [0.29, 0.717) is 23.0 Å². The fraction of sp³-hybridized carbons (Fsp3) is 0.261. The highest BCUT2D eigenvalue weighted by molar-refractivity contribution is 7.13. The summed E-state index contributed by atoms with van der Waals surface area (Å²) in [5.74, 6) is 0.145. The molecular weight excluding hydrogens is 434 g/mol. The van der Waals surface area contributed by atoms with Gasteiger partial charge in [-0.05, 0) is 30.7 Å². The van der Waals surface area contributed by atoms with Gasteiger partial charge in [-0.2, -0.15) is 0 Å². The zero-order valence-electron chi connectivity index (χ0n) is 17.1. The standard InChI is InChI=1S/C23H22ClN3O3S/c1-2-3-10-25-21(28)12-27-19-11-15(8-9-20(19)30-13-22(27)29)18-14-31-23(26-18)16-6-4-5-7-17(16)24/h4-9,11,14H,2-3,10,12-13H2,1H3,(H,25,28). The molecule has 1 aliphatic heterocycles. The number of fused-ring (bicyclic) bond motifs is 1. The average Bonchev–Trinajstić information content (AvgIpc) is 3.26. The number of unbranched alkanes of at least 4 members (excludes halogenated alkanes) is 1. The molecule has 1 aliphatic rings. The Morgan fingerprint density at radius 1 is 1.29 bits per heavy atom. The molecule has 8 heteroatoms. The second-order valence-electron chi connectivity index (χ2n) is 7.17. The summed E-state index contributed by atoms with van der Waals surface area (Å²) >= 11 is 7.81. The van der Waals surface area contributed by atoms with Crippen molar-refractivity contribution in [1.82, 2.24) is 10.3 Å². The topological polar surface area (TPSA) is 71.5 Å². The number of amides is 2. The normalized spacial score (nSPS) is 13.0. The molecule has 1 N–H and O–H groups in total. The molecule has 0 saturated carbocycles. The van der Waals surface area contributed by atoms with E-state index in [1.54, 1.807) is 0 Å². The highest BCUT2D eigenvalue weighted by Crippen LogP contribution is 2.38. The van der Waals surface area contributed by atoms with E-state index < -0.39 is 0 Å². The third-order valence-corrected chi connectivity index (χ3v) is 6.17. The highest BCUT2D eigenvalue weighted by atomic mass is 35.5. The van der Waals surface area contributed by atoms with Crippen molar-refractivity contribution >= 4 is 40.4 Å². The summed E-state index contributed by atoms with van der Waals surface area (Å²) in [4.78, 5) is 31.0. The lowest BCUT2D eigenvalue weighted by molar-refractivity contribution is -0.125. The van der Waals surface area contributed by atoms with Crippen LogP contribution >= 0.6 is 22.9 Å². The summed E-state index contributed by atoms with van der Waals surface area (Å²) in [7, 11) is 0. The number of carbonyl (C=O) groups is 2. The summed E-state index contributed by atoms with van der Waals surface area (Å²) < 4.78 is 5.57. The Kier molecular flexibility index (Phi) is 6.53. The largest absolute Gasteiger partial charge is 0.482 e. The van der Waals surface area contributed by atoms with Gasteiger partial charge in [0, 0.05) is 23.1 Å². The second-order valence-corrected chi connectivity index (χ2v) is 8.44. The maximum absolute atomic E-state index is 12.5. The van der Waals surface area contributed by atoms with E-state index in [2.05, 4.69) is 12.2 Å². The molecule has 0 bridgehead atoms. The Labute approximate surface area is 189 Å². The molecule has 2 amide bonds. The van der Waals surface area contributed by atoms with Crippen LogP contribution < -0.4 is 15.0 Å². The molecule has 3 aromatic rings. The van der Waals surface area contributed by atoms with Crippen LogP contribution in [0.3, 0.4) is 0 Å². The molecule has 0 aliphatic carbocycles. The van der Waals surface area contributed by atoms with Crippen LogP contribution in [-0.2, 0) is 9.59 Å². The molecule has 1 aromatic heterocycles. The molecule has 2 aromatic carbocycles. The predicted molar refractivity (Wildman–Crippen MR) is 124 cm³/mol. The molecule has 31 heavy (non-hydrogen) atoms. The Morgan fingerprint density at radius 3 is 2.94 bits per heavy atom. The zero-order valence-corrected chi connectivity index (χ0v) is 18.6. The van der Waals surface area contributed by atoms with E-state index in [1.807, 2.05) is 47.8 Å². The van der Waals surface area contributed by atoms with Crippen LogP contribution in [0.4, 0.5) is 5.69 Å². The number of nitrogens with zero attached hydrogens (tertiary/aromatic N) is 2. The molecule has 6 nitrogen and oxygen atoms in total. The van der Waals surface area contributed by atoms with E-state index >= 15 is 0 Å². The number of halogens is 1. The predicted octanol–water partition coefficient (Wildman–Crippen LogP) is 4.77. The Balaban J connectivity index is 1.60. The van der Waals surface area contributed by atoms with Gasteiger partial charge in [-0.1, -0.05) is 43.1 Å². The minimum atomic E-state index is -0.245. The first kappa shape index (κ1) is 21.3. The number of hydrogen-bond acceptors (Lipinski definition) is 5. The molecule has 0 saturated heterocycles. The molecule has 4 rings (SSSR count). The summed E-state index contributed by atoms with van der Waals surface area (Å²) in [5.41, 5.74) is 3.06. The van der Waals surface area contributed by atoms with Crippen molar-refractivity contribution in [3.8, 4) is 27.6 Å². The highest BCUT2D eigenvalue weighted by Gasteiger charge is 2.28. The third-order valence-electron chi connectivity index (χ3n) is 4.96. The first-order chi connectivity index (χ1) is 15.1. The van der Waals surface area contributed by atoms with Crippen molar-refractivity contribution in [2.45, 2.75) is 19.8 Å². The monoisotopic (exact) mass is 455 g/mol. The van der Waals surface area contributed by atoms with E-state index in [1.165, 1.54) is 16.2 Å². The maximum Gasteiger partial charge on any atom is 0.265 e. The van der Waals surface area contributed by atoms with Gasteiger partial charge in [0.2, 0.25) is 5.91 Å². The molecule has 0 fully saturated rings. The number of nitrogens with one attached hydrogen (secondary N) is 1. The van der Waals surface area contributed by atoms with Gasteiger partial charge in [-0.3, -0.25) is 14.5 Å². The molecule has 2 heterocycles. The van der Waals surface area contributed by atoms with Crippen molar-refractivity contribution in [1.29, 1.82) is 0 Å².